The Morgan fingerprint density at radius 3 is 2.79 bits per heavy atom. The second-order valence-electron chi connectivity index (χ2n) is 4.32. The number of fused-ring (bicyclic) bond motifs is 1. The Labute approximate surface area is 115 Å². The number of nitrogens with zero attached hydrogens (tertiary/aromatic N) is 2. The molecule has 94 valence electrons. The van der Waals surface area contributed by atoms with Crippen molar-refractivity contribution >= 4 is 22.9 Å². The van der Waals surface area contributed by atoms with Crippen molar-refractivity contribution in [1.29, 1.82) is 0 Å². The highest BCUT2D eigenvalue weighted by molar-refractivity contribution is 6.30. The molecule has 0 fully saturated rings. The number of rotatable bonds is 2. The Morgan fingerprint density at radius 1 is 1.21 bits per heavy atom. The van der Waals surface area contributed by atoms with E-state index in [-0.39, 0.29) is 5.78 Å². The third-order valence-corrected chi connectivity index (χ3v) is 3.23. The molecule has 0 radical (unpaired) electrons. The van der Waals surface area contributed by atoms with E-state index in [0.717, 1.165) is 11.1 Å². The molecule has 1 aromatic carbocycles. The van der Waals surface area contributed by atoms with Crippen LogP contribution in [-0.2, 0) is 0 Å². The Morgan fingerprint density at radius 2 is 2.05 bits per heavy atom. The van der Waals surface area contributed by atoms with Crippen molar-refractivity contribution in [2.75, 3.05) is 0 Å². The highest BCUT2D eigenvalue weighted by atomic mass is 35.5. The fourth-order valence-electron chi connectivity index (χ4n) is 2.18. The van der Waals surface area contributed by atoms with Crippen LogP contribution in [0.5, 0.6) is 0 Å². The normalized spacial score (nSPS) is 10.8. The number of hydrogen-bond donors (Lipinski definition) is 0. The molecule has 3 aromatic rings. The molecule has 0 N–H and O–H groups in total. The van der Waals surface area contributed by atoms with E-state index in [1.807, 2.05) is 42.6 Å². The van der Waals surface area contributed by atoms with Crippen LogP contribution in [0.15, 0.2) is 48.7 Å². The van der Waals surface area contributed by atoms with Gasteiger partial charge in [0, 0.05) is 16.8 Å². The quantitative estimate of drug-likeness (QED) is 0.663. The minimum atomic E-state index is -0.00354. The van der Waals surface area contributed by atoms with Gasteiger partial charge in [-0.1, -0.05) is 29.8 Å². The number of carbonyl (C=O) groups is 1. The van der Waals surface area contributed by atoms with Crippen LogP contribution in [-0.4, -0.2) is 15.4 Å². The van der Waals surface area contributed by atoms with Gasteiger partial charge < -0.3 is 0 Å². The van der Waals surface area contributed by atoms with Crippen molar-refractivity contribution in [3.8, 4) is 11.3 Å². The van der Waals surface area contributed by atoms with Gasteiger partial charge in [-0.15, -0.1) is 0 Å². The molecule has 3 nitrogen and oxygen atoms in total. The number of ketones is 1. The van der Waals surface area contributed by atoms with Gasteiger partial charge >= 0.3 is 0 Å². The minimum Gasteiger partial charge on any atom is -0.294 e. The van der Waals surface area contributed by atoms with Crippen molar-refractivity contribution in [2.24, 2.45) is 0 Å². The molecule has 0 aliphatic rings. The molecule has 0 amide bonds. The van der Waals surface area contributed by atoms with Gasteiger partial charge in [-0.05, 0) is 31.2 Å². The predicted octanol–water partition coefficient (Wildman–Crippen LogP) is 3.86. The standard InChI is InChI=1S/C15H11ClN2O/c1-10(19)14-13-7-2-3-8-18(13)17-15(14)11-5-4-6-12(16)9-11/h2-9H,1H3. The summed E-state index contributed by atoms with van der Waals surface area (Å²) < 4.78 is 1.72. The second-order valence-corrected chi connectivity index (χ2v) is 4.76. The average Bonchev–Trinajstić information content (AvgIpc) is 2.78. The zero-order valence-corrected chi connectivity index (χ0v) is 11.1. The van der Waals surface area contributed by atoms with Gasteiger partial charge in [-0.2, -0.15) is 5.10 Å². The number of aromatic nitrogens is 2. The highest BCUT2D eigenvalue weighted by Gasteiger charge is 2.17. The smallest absolute Gasteiger partial charge is 0.164 e. The Hall–Kier alpha value is -2.13. The van der Waals surface area contributed by atoms with Gasteiger partial charge in [0.25, 0.3) is 0 Å². The molecule has 19 heavy (non-hydrogen) atoms. The van der Waals surface area contributed by atoms with E-state index in [0.29, 0.717) is 16.3 Å². The van der Waals surface area contributed by atoms with Crippen LogP contribution >= 0.6 is 11.6 Å². The molecule has 0 bridgehead atoms. The molecular formula is C15H11ClN2O. The lowest BCUT2D eigenvalue weighted by atomic mass is 10.0. The number of halogens is 1. The summed E-state index contributed by atoms with van der Waals surface area (Å²) in [5.41, 5.74) is 2.95. The zero-order valence-electron chi connectivity index (χ0n) is 10.3. The lowest BCUT2D eigenvalue weighted by Gasteiger charge is -2.00. The fraction of sp³-hybridized carbons (Fsp3) is 0.0667. The topological polar surface area (TPSA) is 34.4 Å². The number of benzene rings is 1. The Kier molecular flexibility index (Phi) is 2.84. The van der Waals surface area contributed by atoms with E-state index in [2.05, 4.69) is 5.10 Å². The van der Waals surface area contributed by atoms with Gasteiger partial charge in [0.15, 0.2) is 5.78 Å². The number of Topliss-reactive ketones (excluding diaryl/α,β-unsaturated/α-hetero) is 1. The molecule has 0 spiro atoms. The first kappa shape index (κ1) is 11.9. The molecule has 0 unspecified atom stereocenters. The third-order valence-electron chi connectivity index (χ3n) is 2.99. The van der Waals surface area contributed by atoms with Crippen molar-refractivity contribution in [3.05, 3.63) is 59.2 Å². The van der Waals surface area contributed by atoms with Crippen LogP contribution in [0.25, 0.3) is 16.8 Å². The monoisotopic (exact) mass is 270 g/mol. The molecule has 0 aliphatic heterocycles. The molecule has 0 saturated carbocycles. The van der Waals surface area contributed by atoms with Crippen LogP contribution < -0.4 is 0 Å². The van der Waals surface area contributed by atoms with Crippen LogP contribution in [0.4, 0.5) is 0 Å². The second kappa shape index (κ2) is 4.52. The first-order valence-electron chi connectivity index (χ1n) is 5.91. The average molecular weight is 271 g/mol. The van der Waals surface area contributed by atoms with Crippen molar-refractivity contribution in [1.82, 2.24) is 9.61 Å². The third kappa shape index (κ3) is 2.02. The zero-order chi connectivity index (χ0) is 13.4. The molecule has 2 heterocycles. The van der Waals surface area contributed by atoms with E-state index < -0.39 is 0 Å². The van der Waals surface area contributed by atoms with Gasteiger partial charge in [-0.25, -0.2) is 4.52 Å². The Balaban J connectivity index is 2.34. The molecule has 0 aliphatic carbocycles. The first-order chi connectivity index (χ1) is 9.16. The van der Waals surface area contributed by atoms with Crippen LogP contribution in [0, 0.1) is 0 Å². The maximum Gasteiger partial charge on any atom is 0.164 e. The fourth-order valence-corrected chi connectivity index (χ4v) is 2.37. The summed E-state index contributed by atoms with van der Waals surface area (Å²) in [6, 6.07) is 13.0. The van der Waals surface area contributed by atoms with E-state index in [1.54, 1.807) is 17.5 Å². The maximum atomic E-state index is 11.9. The lowest BCUT2D eigenvalue weighted by Crippen LogP contribution is -1.94. The molecular weight excluding hydrogens is 260 g/mol. The van der Waals surface area contributed by atoms with Gasteiger partial charge in [0.05, 0.1) is 11.1 Å². The van der Waals surface area contributed by atoms with Crippen LogP contribution in [0.3, 0.4) is 0 Å². The van der Waals surface area contributed by atoms with Gasteiger partial charge in [0.2, 0.25) is 0 Å². The SMILES string of the molecule is CC(=O)c1c(-c2cccc(Cl)c2)nn2ccccc12. The van der Waals surface area contributed by atoms with Crippen LogP contribution in [0.2, 0.25) is 5.02 Å². The van der Waals surface area contributed by atoms with Crippen molar-refractivity contribution in [3.63, 3.8) is 0 Å². The summed E-state index contributed by atoms with van der Waals surface area (Å²) >= 11 is 6.01. The summed E-state index contributed by atoms with van der Waals surface area (Å²) in [6.45, 7) is 1.55. The summed E-state index contributed by atoms with van der Waals surface area (Å²) in [5, 5.41) is 5.11. The number of hydrogen-bond acceptors (Lipinski definition) is 2. The minimum absolute atomic E-state index is 0.00354. The van der Waals surface area contributed by atoms with Crippen molar-refractivity contribution in [2.45, 2.75) is 6.92 Å². The summed E-state index contributed by atoms with van der Waals surface area (Å²) in [7, 11) is 0. The maximum absolute atomic E-state index is 11.9. The molecule has 0 saturated heterocycles. The Bertz CT molecular complexity index is 777. The summed E-state index contributed by atoms with van der Waals surface area (Å²) in [5.74, 6) is -0.00354. The highest BCUT2D eigenvalue weighted by Crippen LogP contribution is 2.28. The van der Waals surface area contributed by atoms with Gasteiger partial charge in [-0.3, -0.25) is 4.79 Å². The largest absolute Gasteiger partial charge is 0.294 e. The van der Waals surface area contributed by atoms with E-state index in [1.165, 1.54) is 0 Å². The molecule has 0 atom stereocenters. The lowest BCUT2D eigenvalue weighted by molar-refractivity contribution is 0.102. The van der Waals surface area contributed by atoms with Gasteiger partial charge in [0.1, 0.15) is 5.69 Å². The van der Waals surface area contributed by atoms with E-state index in [9.17, 15) is 4.79 Å². The summed E-state index contributed by atoms with van der Waals surface area (Å²) in [4.78, 5) is 11.9. The predicted molar refractivity (Wildman–Crippen MR) is 75.6 cm³/mol. The molecule has 2 aromatic heterocycles. The van der Waals surface area contributed by atoms with E-state index in [4.69, 9.17) is 11.6 Å². The molecule has 4 heteroatoms. The summed E-state index contributed by atoms with van der Waals surface area (Å²) in [6.07, 6.45) is 1.83. The number of carbonyl (C=O) groups excluding carboxylic acids is 1. The number of pyridine rings is 1. The van der Waals surface area contributed by atoms with E-state index >= 15 is 0 Å². The molecule has 3 rings (SSSR count). The van der Waals surface area contributed by atoms with Crippen molar-refractivity contribution < 1.29 is 4.79 Å². The first-order valence-corrected chi connectivity index (χ1v) is 6.29. The van der Waals surface area contributed by atoms with Crippen LogP contribution in [0.1, 0.15) is 17.3 Å².